The van der Waals surface area contributed by atoms with Crippen LogP contribution in [-0.2, 0) is 6.42 Å². The number of nitrogens with zero attached hydrogens (tertiary/aromatic N) is 1. The van der Waals surface area contributed by atoms with Crippen molar-refractivity contribution in [1.82, 2.24) is 5.16 Å². The first-order valence-corrected chi connectivity index (χ1v) is 9.06. The molecular weight excluding hydrogens is 384 g/mol. The molecular formula is C20H15ClN2O5. The number of rotatable bonds is 3. The molecule has 1 aromatic carbocycles. The molecule has 1 amide bonds. The number of carbonyl (C=O) groups excluding carboxylic acids is 2. The molecule has 0 spiro atoms. The van der Waals surface area contributed by atoms with E-state index in [1.165, 1.54) is 6.07 Å². The number of anilines is 1. The maximum absolute atomic E-state index is 12.9. The minimum absolute atomic E-state index is 0.107. The minimum atomic E-state index is -0.713. The Balaban J connectivity index is 1.72. The van der Waals surface area contributed by atoms with E-state index in [4.69, 9.17) is 20.5 Å². The Morgan fingerprint density at radius 3 is 2.75 bits per heavy atom. The molecule has 0 atom stereocenters. The van der Waals surface area contributed by atoms with Crippen molar-refractivity contribution in [1.29, 1.82) is 0 Å². The summed E-state index contributed by atoms with van der Waals surface area (Å²) in [6, 6.07) is 8.28. The van der Waals surface area contributed by atoms with Gasteiger partial charge in [-0.05, 0) is 25.5 Å². The molecule has 3 aromatic rings. The van der Waals surface area contributed by atoms with Crippen LogP contribution in [0.3, 0.4) is 0 Å². The smallest absolute Gasteiger partial charge is 0.359 e. The third kappa shape index (κ3) is 3.14. The second-order valence-corrected chi connectivity index (χ2v) is 6.86. The highest BCUT2D eigenvalue weighted by molar-refractivity contribution is 6.33. The Morgan fingerprint density at radius 1 is 1.18 bits per heavy atom. The van der Waals surface area contributed by atoms with Crippen LogP contribution in [0.25, 0.3) is 11.3 Å². The zero-order valence-corrected chi connectivity index (χ0v) is 15.6. The number of halogens is 1. The van der Waals surface area contributed by atoms with Crippen LogP contribution < -0.4 is 10.9 Å². The highest BCUT2D eigenvalue weighted by Crippen LogP contribution is 2.31. The van der Waals surface area contributed by atoms with E-state index in [0.29, 0.717) is 41.2 Å². The largest absolute Gasteiger partial charge is 0.426 e. The number of amides is 1. The van der Waals surface area contributed by atoms with Crippen molar-refractivity contribution in [3.8, 4) is 11.3 Å². The quantitative estimate of drug-likeness (QED) is 0.714. The van der Waals surface area contributed by atoms with E-state index in [1.54, 1.807) is 31.2 Å². The molecule has 1 aliphatic rings. The predicted octanol–water partition coefficient (Wildman–Crippen LogP) is 4.03. The maximum Gasteiger partial charge on any atom is 0.359 e. The van der Waals surface area contributed by atoms with Crippen molar-refractivity contribution in [2.45, 2.75) is 26.2 Å². The fraction of sp³-hybridized carbons (Fsp3) is 0.200. The number of fused-ring (bicyclic) bond motifs is 1. The summed E-state index contributed by atoms with van der Waals surface area (Å²) in [5, 5.41) is 6.86. The zero-order chi connectivity index (χ0) is 19.8. The third-order valence-electron chi connectivity index (χ3n) is 4.60. The molecule has 0 unspecified atom stereocenters. The van der Waals surface area contributed by atoms with E-state index in [9.17, 15) is 14.4 Å². The van der Waals surface area contributed by atoms with Gasteiger partial charge in [0.2, 0.25) is 0 Å². The summed E-state index contributed by atoms with van der Waals surface area (Å²) in [7, 11) is 0. The standard InChI is InChI=1S/C20H15ClN2O5/c1-10-17(18(23-28-10)11-5-2-3-6-13(11)21)19(25)22-14-9-12-15(24)7-4-8-16(12)27-20(14)26/h2-3,5-6,9H,4,7-8H2,1H3,(H,22,25). The molecule has 7 nitrogen and oxygen atoms in total. The van der Waals surface area contributed by atoms with Gasteiger partial charge < -0.3 is 14.3 Å². The summed E-state index contributed by atoms with van der Waals surface area (Å²) in [5.41, 5.74) is 0.448. The molecule has 2 heterocycles. The molecule has 142 valence electrons. The molecule has 1 aliphatic carbocycles. The van der Waals surface area contributed by atoms with Crippen LogP contribution in [0.15, 0.2) is 44.1 Å². The molecule has 0 saturated heterocycles. The number of Topliss-reactive ketones (excluding diaryl/α,β-unsaturated/α-hetero) is 1. The Bertz CT molecular complexity index is 1160. The number of carbonyl (C=O) groups is 2. The molecule has 1 N–H and O–H groups in total. The molecule has 4 rings (SSSR count). The van der Waals surface area contributed by atoms with Crippen LogP contribution in [0.1, 0.15) is 45.1 Å². The van der Waals surface area contributed by atoms with Crippen molar-refractivity contribution in [2.75, 3.05) is 5.32 Å². The predicted molar refractivity (Wildman–Crippen MR) is 102 cm³/mol. The van der Waals surface area contributed by atoms with Gasteiger partial charge in [0, 0.05) is 18.4 Å². The van der Waals surface area contributed by atoms with Gasteiger partial charge >= 0.3 is 5.63 Å². The lowest BCUT2D eigenvalue weighted by atomic mass is 9.96. The average molecular weight is 399 g/mol. The second kappa shape index (κ2) is 7.09. The van der Waals surface area contributed by atoms with Crippen molar-refractivity contribution < 1.29 is 18.5 Å². The Kier molecular flexibility index (Phi) is 4.60. The number of ketones is 1. The van der Waals surface area contributed by atoms with E-state index in [0.717, 1.165) is 0 Å². The van der Waals surface area contributed by atoms with Gasteiger partial charge in [0.05, 0.1) is 10.6 Å². The van der Waals surface area contributed by atoms with E-state index >= 15 is 0 Å². The normalized spacial score (nSPS) is 13.3. The van der Waals surface area contributed by atoms with Crippen LogP contribution >= 0.6 is 11.6 Å². The summed E-state index contributed by atoms with van der Waals surface area (Å²) >= 11 is 6.21. The maximum atomic E-state index is 12.9. The SMILES string of the molecule is Cc1onc(-c2ccccc2Cl)c1C(=O)Nc1cc2c(oc1=O)CCCC2=O. The van der Waals surface area contributed by atoms with Gasteiger partial charge in [0.1, 0.15) is 28.5 Å². The number of nitrogens with one attached hydrogen (secondary N) is 1. The highest BCUT2D eigenvalue weighted by Gasteiger charge is 2.26. The van der Waals surface area contributed by atoms with Crippen molar-refractivity contribution in [3.63, 3.8) is 0 Å². The summed E-state index contributed by atoms with van der Waals surface area (Å²) in [4.78, 5) is 37.2. The van der Waals surface area contributed by atoms with Gasteiger partial charge in [0.15, 0.2) is 5.78 Å². The lowest BCUT2D eigenvalue weighted by Crippen LogP contribution is -2.22. The molecule has 0 radical (unpaired) electrons. The molecule has 0 fully saturated rings. The van der Waals surface area contributed by atoms with Gasteiger partial charge in [-0.3, -0.25) is 9.59 Å². The first kappa shape index (κ1) is 18.2. The van der Waals surface area contributed by atoms with Gasteiger partial charge in [-0.2, -0.15) is 0 Å². The van der Waals surface area contributed by atoms with Gasteiger partial charge in [-0.25, -0.2) is 4.79 Å². The second-order valence-electron chi connectivity index (χ2n) is 6.46. The monoisotopic (exact) mass is 398 g/mol. The van der Waals surface area contributed by atoms with Crippen LogP contribution in [0.5, 0.6) is 0 Å². The van der Waals surface area contributed by atoms with Crippen molar-refractivity contribution in [3.05, 3.63) is 68.4 Å². The lowest BCUT2D eigenvalue weighted by Gasteiger charge is -2.14. The third-order valence-corrected chi connectivity index (χ3v) is 4.93. The van der Waals surface area contributed by atoms with Gasteiger partial charge in [0.25, 0.3) is 5.91 Å². The van der Waals surface area contributed by atoms with E-state index < -0.39 is 11.5 Å². The van der Waals surface area contributed by atoms with Crippen molar-refractivity contribution >= 4 is 29.0 Å². The van der Waals surface area contributed by atoms with E-state index in [2.05, 4.69) is 10.5 Å². The molecule has 0 saturated carbocycles. The fourth-order valence-corrected chi connectivity index (χ4v) is 3.45. The van der Waals surface area contributed by atoms with Gasteiger partial charge in [-0.1, -0.05) is 35.0 Å². The number of hydrogen-bond acceptors (Lipinski definition) is 6. The topological polar surface area (TPSA) is 102 Å². The molecule has 8 heteroatoms. The Labute approximate surface area is 164 Å². The van der Waals surface area contributed by atoms with Crippen LogP contribution in [-0.4, -0.2) is 16.8 Å². The lowest BCUT2D eigenvalue weighted by molar-refractivity contribution is 0.0963. The average Bonchev–Trinajstić information content (AvgIpc) is 3.05. The van der Waals surface area contributed by atoms with Crippen LogP contribution in [0.4, 0.5) is 5.69 Å². The summed E-state index contributed by atoms with van der Waals surface area (Å²) in [5.74, 6) is -0.0920. The number of aryl methyl sites for hydroxylation is 2. The first-order valence-electron chi connectivity index (χ1n) is 8.68. The summed E-state index contributed by atoms with van der Waals surface area (Å²) in [6.45, 7) is 1.58. The molecule has 2 aromatic heterocycles. The highest BCUT2D eigenvalue weighted by atomic mass is 35.5. The number of benzene rings is 1. The van der Waals surface area contributed by atoms with E-state index in [1.807, 2.05) is 0 Å². The Morgan fingerprint density at radius 2 is 1.96 bits per heavy atom. The van der Waals surface area contributed by atoms with Crippen LogP contribution in [0.2, 0.25) is 5.02 Å². The molecule has 28 heavy (non-hydrogen) atoms. The zero-order valence-electron chi connectivity index (χ0n) is 14.9. The summed E-state index contributed by atoms with van der Waals surface area (Å²) in [6.07, 6.45) is 1.54. The van der Waals surface area contributed by atoms with Gasteiger partial charge in [-0.15, -0.1) is 0 Å². The summed E-state index contributed by atoms with van der Waals surface area (Å²) < 4.78 is 10.4. The number of hydrogen-bond donors (Lipinski definition) is 1. The number of aromatic nitrogens is 1. The first-order chi connectivity index (χ1) is 13.5. The van der Waals surface area contributed by atoms with Crippen LogP contribution in [0, 0.1) is 6.92 Å². The Hall–Kier alpha value is -3.19. The van der Waals surface area contributed by atoms with Crippen molar-refractivity contribution in [2.24, 2.45) is 0 Å². The molecule has 0 aliphatic heterocycles. The minimum Gasteiger partial charge on any atom is -0.426 e. The fourth-order valence-electron chi connectivity index (χ4n) is 3.22. The van der Waals surface area contributed by atoms with E-state index in [-0.39, 0.29) is 28.5 Å². The molecule has 0 bridgehead atoms.